The largest absolute Gasteiger partial charge is 0.296 e. The number of rotatable bonds is 2. The van der Waals surface area contributed by atoms with E-state index in [1.54, 1.807) is 6.07 Å². The molecule has 1 aromatic carbocycles. The predicted molar refractivity (Wildman–Crippen MR) is 63.2 cm³/mol. The van der Waals surface area contributed by atoms with Crippen LogP contribution in [0.3, 0.4) is 0 Å². The Bertz CT molecular complexity index is 353. The first kappa shape index (κ1) is 11.1. The van der Waals surface area contributed by atoms with Crippen molar-refractivity contribution >= 4 is 15.9 Å². The van der Waals surface area contributed by atoms with Gasteiger partial charge in [0.1, 0.15) is 5.82 Å². The van der Waals surface area contributed by atoms with Crippen LogP contribution in [0.1, 0.15) is 25.3 Å². The summed E-state index contributed by atoms with van der Waals surface area (Å²) in [6.07, 6.45) is 2.46. The van der Waals surface area contributed by atoms with Crippen LogP contribution < -0.4 is 0 Å². The molecule has 1 saturated heterocycles. The highest BCUT2D eigenvalue weighted by Gasteiger charge is 2.21. The standard InChI is InChI=1S/C12H15BrFN/c1-9-3-2-6-15(9)8-10-7-11(13)4-5-12(10)14/h4-5,7,9H,2-3,6,8H2,1H3. The van der Waals surface area contributed by atoms with Crippen LogP contribution >= 0.6 is 15.9 Å². The minimum atomic E-state index is -0.0997. The average Bonchev–Trinajstić information content (AvgIpc) is 2.58. The SMILES string of the molecule is CC1CCCN1Cc1cc(Br)ccc1F. The van der Waals surface area contributed by atoms with Crippen LogP contribution in [0.4, 0.5) is 4.39 Å². The Hall–Kier alpha value is -0.410. The van der Waals surface area contributed by atoms with E-state index >= 15 is 0 Å². The molecule has 1 aliphatic heterocycles. The van der Waals surface area contributed by atoms with Gasteiger partial charge in [-0.25, -0.2) is 4.39 Å². The highest BCUT2D eigenvalue weighted by Crippen LogP contribution is 2.22. The number of nitrogens with zero attached hydrogens (tertiary/aromatic N) is 1. The summed E-state index contributed by atoms with van der Waals surface area (Å²) in [5.74, 6) is -0.0997. The monoisotopic (exact) mass is 271 g/mol. The van der Waals surface area contributed by atoms with Crippen LogP contribution in [0.25, 0.3) is 0 Å². The molecule has 1 aromatic rings. The van der Waals surface area contributed by atoms with Crippen molar-refractivity contribution in [1.82, 2.24) is 4.90 Å². The van der Waals surface area contributed by atoms with Crippen molar-refractivity contribution in [2.45, 2.75) is 32.4 Å². The van der Waals surface area contributed by atoms with Gasteiger partial charge in [-0.2, -0.15) is 0 Å². The van der Waals surface area contributed by atoms with Crippen molar-refractivity contribution in [3.05, 3.63) is 34.1 Å². The van der Waals surface area contributed by atoms with Crippen molar-refractivity contribution in [3.8, 4) is 0 Å². The van der Waals surface area contributed by atoms with Crippen LogP contribution in [-0.4, -0.2) is 17.5 Å². The van der Waals surface area contributed by atoms with E-state index in [0.717, 1.165) is 23.1 Å². The maximum absolute atomic E-state index is 13.5. The van der Waals surface area contributed by atoms with Crippen molar-refractivity contribution in [2.75, 3.05) is 6.54 Å². The molecule has 1 fully saturated rings. The second-order valence-electron chi connectivity index (χ2n) is 4.20. The Morgan fingerprint density at radius 1 is 1.53 bits per heavy atom. The topological polar surface area (TPSA) is 3.24 Å². The van der Waals surface area contributed by atoms with Crippen molar-refractivity contribution < 1.29 is 4.39 Å². The third-order valence-corrected chi connectivity index (χ3v) is 3.57. The van der Waals surface area contributed by atoms with E-state index in [-0.39, 0.29) is 5.82 Å². The molecule has 0 saturated carbocycles. The first-order valence-corrected chi connectivity index (χ1v) is 6.14. The van der Waals surface area contributed by atoms with Gasteiger partial charge in [-0.3, -0.25) is 4.90 Å². The minimum absolute atomic E-state index is 0.0997. The van der Waals surface area contributed by atoms with Gasteiger partial charge in [-0.05, 0) is 44.5 Å². The fourth-order valence-electron chi connectivity index (χ4n) is 2.11. The third kappa shape index (κ3) is 2.58. The molecule has 0 radical (unpaired) electrons. The lowest BCUT2D eigenvalue weighted by molar-refractivity contribution is 0.256. The van der Waals surface area contributed by atoms with E-state index < -0.39 is 0 Å². The number of halogens is 2. The van der Waals surface area contributed by atoms with E-state index in [0.29, 0.717) is 6.04 Å². The molecule has 3 heteroatoms. The highest BCUT2D eigenvalue weighted by atomic mass is 79.9. The predicted octanol–water partition coefficient (Wildman–Crippen LogP) is 3.57. The molecule has 2 rings (SSSR count). The maximum atomic E-state index is 13.5. The second kappa shape index (κ2) is 4.62. The molecule has 1 aliphatic rings. The van der Waals surface area contributed by atoms with Crippen molar-refractivity contribution in [3.63, 3.8) is 0 Å². The van der Waals surface area contributed by atoms with Gasteiger partial charge in [0.15, 0.2) is 0 Å². The summed E-state index contributed by atoms with van der Waals surface area (Å²) in [6, 6.07) is 5.73. The first-order chi connectivity index (χ1) is 7.16. The van der Waals surface area contributed by atoms with Gasteiger partial charge in [-0.1, -0.05) is 15.9 Å². The summed E-state index contributed by atoms with van der Waals surface area (Å²) < 4.78 is 14.5. The zero-order valence-corrected chi connectivity index (χ0v) is 10.4. The molecule has 82 valence electrons. The fourth-order valence-corrected chi connectivity index (χ4v) is 2.52. The molecule has 1 heterocycles. The average molecular weight is 272 g/mol. The zero-order chi connectivity index (χ0) is 10.8. The van der Waals surface area contributed by atoms with E-state index in [1.807, 2.05) is 6.07 Å². The Labute approximate surface area is 98.4 Å². The lowest BCUT2D eigenvalue weighted by Gasteiger charge is -2.21. The summed E-state index contributed by atoms with van der Waals surface area (Å²) in [7, 11) is 0. The Morgan fingerprint density at radius 3 is 3.00 bits per heavy atom. The molecule has 1 nitrogen and oxygen atoms in total. The van der Waals surface area contributed by atoms with Crippen LogP contribution in [0.2, 0.25) is 0 Å². The Morgan fingerprint density at radius 2 is 2.33 bits per heavy atom. The van der Waals surface area contributed by atoms with Gasteiger partial charge in [0.05, 0.1) is 0 Å². The van der Waals surface area contributed by atoms with Crippen molar-refractivity contribution in [2.24, 2.45) is 0 Å². The summed E-state index contributed by atoms with van der Waals surface area (Å²) in [4.78, 5) is 2.34. The molecule has 0 aliphatic carbocycles. The molecular weight excluding hydrogens is 257 g/mol. The normalized spacial score (nSPS) is 22.2. The van der Waals surface area contributed by atoms with Gasteiger partial charge in [0.2, 0.25) is 0 Å². The van der Waals surface area contributed by atoms with Crippen LogP contribution in [-0.2, 0) is 6.54 Å². The molecule has 0 aromatic heterocycles. The van der Waals surface area contributed by atoms with E-state index in [2.05, 4.69) is 27.8 Å². The van der Waals surface area contributed by atoms with E-state index in [4.69, 9.17) is 0 Å². The van der Waals surface area contributed by atoms with Crippen LogP contribution in [0, 0.1) is 5.82 Å². The van der Waals surface area contributed by atoms with E-state index in [1.165, 1.54) is 18.9 Å². The lowest BCUT2D eigenvalue weighted by atomic mass is 10.2. The summed E-state index contributed by atoms with van der Waals surface area (Å²) in [5, 5.41) is 0. The molecule has 0 bridgehead atoms. The minimum Gasteiger partial charge on any atom is -0.296 e. The Kier molecular flexibility index (Phi) is 3.42. The summed E-state index contributed by atoms with van der Waals surface area (Å²) in [5.41, 5.74) is 0.790. The summed E-state index contributed by atoms with van der Waals surface area (Å²) >= 11 is 3.38. The van der Waals surface area contributed by atoms with Gasteiger partial charge >= 0.3 is 0 Å². The van der Waals surface area contributed by atoms with Crippen molar-refractivity contribution in [1.29, 1.82) is 0 Å². The molecule has 15 heavy (non-hydrogen) atoms. The number of likely N-dealkylation sites (tertiary alicyclic amines) is 1. The fraction of sp³-hybridized carbons (Fsp3) is 0.500. The molecule has 0 amide bonds. The maximum Gasteiger partial charge on any atom is 0.127 e. The zero-order valence-electron chi connectivity index (χ0n) is 8.84. The highest BCUT2D eigenvalue weighted by molar-refractivity contribution is 9.10. The molecule has 1 unspecified atom stereocenters. The molecular formula is C12H15BrFN. The first-order valence-electron chi connectivity index (χ1n) is 5.35. The number of benzene rings is 1. The second-order valence-corrected chi connectivity index (χ2v) is 5.11. The third-order valence-electron chi connectivity index (χ3n) is 3.07. The van der Waals surface area contributed by atoms with Crippen LogP contribution in [0.15, 0.2) is 22.7 Å². The Balaban J connectivity index is 2.12. The van der Waals surface area contributed by atoms with E-state index in [9.17, 15) is 4.39 Å². The summed E-state index contributed by atoms with van der Waals surface area (Å²) in [6.45, 7) is 4.03. The van der Waals surface area contributed by atoms with Crippen LogP contribution in [0.5, 0.6) is 0 Å². The lowest BCUT2D eigenvalue weighted by Crippen LogP contribution is -2.26. The quantitative estimate of drug-likeness (QED) is 0.795. The smallest absolute Gasteiger partial charge is 0.127 e. The van der Waals surface area contributed by atoms with Gasteiger partial charge in [-0.15, -0.1) is 0 Å². The van der Waals surface area contributed by atoms with Gasteiger partial charge in [0.25, 0.3) is 0 Å². The molecule has 0 N–H and O–H groups in total. The van der Waals surface area contributed by atoms with Gasteiger partial charge < -0.3 is 0 Å². The number of hydrogen-bond acceptors (Lipinski definition) is 1. The molecule has 1 atom stereocenters. The molecule has 0 spiro atoms. The number of hydrogen-bond donors (Lipinski definition) is 0. The van der Waals surface area contributed by atoms with Gasteiger partial charge in [0, 0.05) is 22.6 Å².